The van der Waals surface area contributed by atoms with Crippen LogP contribution in [-0.4, -0.2) is 63.7 Å². The van der Waals surface area contributed by atoms with E-state index in [0.717, 1.165) is 0 Å². The zero-order chi connectivity index (χ0) is 24.0. The maximum Gasteiger partial charge on any atom is 0.352 e. The van der Waals surface area contributed by atoms with Gasteiger partial charge in [0.2, 0.25) is 5.91 Å². The van der Waals surface area contributed by atoms with Gasteiger partial charge in [0.15, 0.2) is 0 Å². The summed E-state index contributed by atoms with van der Waals surface area (Å²) in [5.41, 5.74) is 4.08. The van der Waals surface area contributed by atoms with Crippen molar-refractivity contribution in [3.63, 3.8) is 0 Å². The maximum atomic E-state index is 12.4. The average molecular weight is 464 g/mol. The van der Waals surface area contributed by atoms with E-state index in [0.29, 0.717) is 41.2 Å². The number of carbonyl (C=O) groups excluding carboxylic acids is 1. The number of rotatable bonds is 9. The molecule has 2 unspecified atom stereocenters. The van der Waals surface area contributed by atoms with Gasteiger partial charge in [-0.2, -0.15) is 0 Å². The topological polar surface area (TPSA) is 152 Å². The largest absolute Gasteiger partial charge is 0.477 e. The Morgan fingerprint density at radius 2 is 2.16 bits per heavy atom. The molecule has 0 aliphatic carbocycles. The van der Waals surface area contributed by atoms with Crippen molar-refractivity contribution in [1.29, 1.82) is 0 Å². The lowest BCUT2D eigenvalue weighted by atomic mass is 9.82. The number of carboxylic acid groups (broad SMARTS) is 1. The van der Waals surface area contributed by atoms with E-state index in [4.69, 9.17) is 22.6 Å². The normalized spacial score (nSPS) is 20.3. The number of carbonyl (C=O) groups is 2. The number of carboxylic acids is 1. The molecule has 172 valence electrons. The number of benzene rings is 1. The highest BCUT2D eigenvalue weighted by Gasteiger charge is 2.56. The molecule has 2 heterocycles. The molecule has 1 amide bonds. The van der Waals surface area contributed by atoms with Gasteiger partial charge < -0.3 is 20.2 Å². The van der Waals surface area contributed by atoms with Crippen LogP contribution in [0.25, 0.3) is 5.57 Å². The third-order valence-corrected chi connectivity index (χ3v) is 5.39. The molecule has 1 aromatic rings. The fraction of sp³-hybridized carbons (Fsp3) is 0.381. The van der Waals surface area contributed by atoms with E-state index in [1.54, 1.807) is 18.2 Å². The second-order valence-corrected chi connectivity index (χ2v) is 7.62. The second kappa shape index (κ2) is 11.0. The molecular formula is C21H26ClN5O5. The minimum Gasteiger partial charge on any atom is -0.477 e. The number of aliphatic hydroxyl groups excluding tert-OH is 2. The highest BCUT2D eigenvalue weighted by atomic mass is 35.5. The first kappa shape index (κ1) is 25.2. The van der Waals surface area contributed by atoms with E-state index in [1.165, 1.54) is 23.3 Å². The first-order chi connectivity index (χ1) is 15.3. The van der Waals surface area contributed by atoms with E-state index in [2.05, 4.69) is 23.3 Å². The standard InChI is InChI=1S/C19H24ClN5O5.C2H2/c1-10(27)16-15-8-14(17(19(29)30)24(15)18(16)28)11-5-12(20)7-13(6-11)25(21)23-9-22-3-2-4-26;1-2/h5-7,9-10,15-16,26-27H,2-4,8,21H2,1H3,(H,22,23)(H,29,30);1-2H/t10-,15?,16?;/m1./s1. The van der Waals surface area contributed by atoms with Gasteiger partial charge in [-0.3, -0.25) is 15.2 Å². The number of aliphatic imine (C=N–C) groups is 1. The summed E-state index contributed by atoms with van der Waals surface area (Å²) in [7, 11) is 0. The summed E-state index contributed by atoms with van der Waals surface area (Å²) in [6, 6.07) is 4.47. The molecule has 1 fully saturated rings. The number of hydrogen-bond acceptors (Lipinski definition) is 7. The summed E-state index contributed by atoms with van der Waals surface area (Å²) < 4.78 is 0. The number of hydrazine groups is 2. The van der Waals surface area contributed by atoms with Crippen LogP contribution < -0.4 is 16.4 Å². The van der Waals surface area contributed by atoms with Crippen LogP contribution in [0.15, 0.2) is 28.9 Å². The molecule has 2 aliphatic heterocycles. The van der Waals surface area contributed by atoms with Gasteiger partial charge in [-0.05, 0) is 49.1 Å². The lowest BCUT2D eigenvalue weighted by Crippen LogP contribution is -2.61. The fourth-order valence-corrected chi connectivity index (χ4v) is 4.05. The number of fused-ring (bicyclic) bond motifs is 1. The van der Waals surface area contributed by atoms with Gasteiger partial charge >= 0.3 is 5.97 Å². The number of aliphatic carboxylic acids is 1. The number of aliphatic hydroxyl groups is 2. The molecule has 0 saturated carbocycles. The molecule has 1 saturated heterocycles. The van der Waals surface area contributed by atoms with Crippen LogP contribution in [0.3, 0.4) is 0 Å². The van der Waals surface area contributed by atoms with Crippen LogP contribution in [0.1, 0.15) is 25.3 Å². The number of β-lactam (4-membered cyclic amide) rings is 1. The van der Waals surface area contributed by atoms with Gasteiger partial charge in [0, 0.05) is 18.2 Å². The van der Waals surface area contributed by atoms with Crippen LogP contribution in [0, 0.1) is 18.8 Å². The van der Waals surface area contributed by atoms with Crippen LogP contribution in [0.4, 0.5) is 5.69 Å². The van der Waals surface area contributed by atoms with Crippen LogP contribution in [0.2, 0.25) is 5.02 Å². The number of halogens is 1. The van der Waals surface area contributed by atoms with E-state index in [1.807, 2.05) is 0 Å². The molecule has 11 heteroatoms. The Morgan fingerprint density at radius 1 is 1.47 bits per heavy atom. The Labute approximate surface area is 190 Å². The summed E-state index contributed by atoms with van der Waals surface area (Å²) in [4.78, 5) is 29.6. The second-order valence-electron chi connectivity index (χ2n) is 7.19. The van der Waals surface area contributed by atoms with Crippen molar-refractivity contribution in [3.8, 4) is 12.8 Å². The molecule has 0 spiro atoms. The molecule has 6 N–H and O–H groups in total. The van der Waals surface area contributed by atoms with E-state index >= 15 is 0 Å². The smallest absolute Gasteiger partial charge is 0.352 e. The van der Waals surface area contributed by atoms with Crippen molar-refractivity contribution in [2.45, 2.75) is 31.9 Å². The van der Waals surface area contributed by atoms with Gasteiger partial charge in [0.05, 0.1) is 23.8 Å². The summed E-state index contributed by atoms with van der Waals surface area (Å²) in [6.45, 7) is 2.00. The van der Waals surface area contributed by atoms with Crippen molar-refractivity contribution in [2.24, 2.45) is 16.8 Å². The lowest BCUT2D eigenvalue weighted by Gasteiger charge is -2.44. The summed E-state index contributed by atoms with van der Waals surface area (Å²) in [5, 5.41) is 29.9. The number of terminal acetylenes is 1. The van der Waals surface area contributed by atoms with E-state index < -0.39 is 29.9 Å². The summed E-state index contributed by atoms with van der Waals surface area (Å²) in [5.74, 6) is 3.74. The lowest BCUT2D eigenvalue weighted by molar-refractivity contribution is -0.161. The SMILES string of the molecule is C#C.C[C@@H](O)C1C(=O)N2C(C(=O)O)=C(c3cc(Cl)cc(N(N)NC=NCCCO)c3)CC12. The van der Waals surface area contributed by atoms with Gasteiger partial charge in [-0.1, -0.05) is 11.6 Å². The fourth-order valence-electron chi connectivity index (χ4n) is 3.82. The molecule has 3 rings (SSSR count). The molecule has 3 atom stereocenters. The minimum atomic E-state index is -1.22. The Morgan fingerprint density at radius 3 is 2.75 bits per heavy atom. The number of anilines is 1. The Balaban J connectivity index is 0.00000176. The van der Waals surface area contributed by atoms with Gasteiger partial charge in [0.1, 0.15) is 12.0 Å². The zero-order valence-corrected chi connectivity index (χ0v) is 18.2. The first-order valence-electron chi connectivity index (χ1n) is 9.78. The number of nitrogens with two attached hydrogens (primary N) is 1. The van der Waals surface area contributed by atoms with Crippen molar-refractivity contribution in [3.05, 3.63) is 34.5 Å². The predicted octanol–water partition coefficient (Wildman–Crippen LogP) is 0.592. The molecule has 0 aromatic heterocycles. The predicted molar refractivity (Wildman–Crippen MR) is 121 cm³/mol. The molecule has 0 bridgehead atoms. The number of hydrogen-bond donors (Lipinski definition) is 5. The maximum absolute atomic E-state index is 12.4. The Hall–Kier alpha value is -3.10. The molecule has 32 heavy (non-hydrogen) atoms. The Kier molecular flexibility index (Phi) is 8.63. The van der Waals surface area contributed by atoms with Crippen LogP contribution in [-0.2, 0) is 9.59 Å². The minimum absolute atomic E-state index is 0.0405. The van der Waals surface area contributed by atoms with E-state index in [9.17, 15) is 19.8 Å². The molecule has 1 aromatic carbocycles. The molecule has 10 nitrogen and oxygen atoms in total. The van der Waals surface area contributed by atoms with Crippen molar-refractivity contribution >= 4 is 41.1 Å². The molecule has 2 aliphatic rings. The first-order valence-corrected chi connectivity index (χ1v) is 10.2. The summed E-state index contributed by atoms with van der Waals surface area (Å²) >= 11 is 6.24. The van der Waals surface area contributed by atoms with E-state index in [-0.39, 0.29) is 12.3 Å². The van der Waals surface area contributed by atoms with Gasteiger partial charge in [-0.15, -0.1) is 12.8 Å². The van der Waals surface area contributed by atoms with Crippen LogP contribution in [0.5, 0.6) is 0 Å². The Bertz CT molecular complexity index is 946. The van der Waals surface area contributed by atoms with Crippen molar-refractivity contribution in [2.75, 3.05) is 18.3 Å². The van der Waals surface area contributed by atoms with Crippen molar-refractivity contribution < 1.29 is 24.9 Å². The average Bonchev–Trinajstić information content (AvgIpc) is 3.09. The van der Waals surface area contributed by atoms with Crippen molar-refractivity contribution in [1.82, 2.24) is 10.3 Å². The quantitative estimate of drug-likeness (QED) is 0.0678. The third-order valence-electron chi connectivity index (χ3n) is 5.17. The summed E-state index contributed by atoms with van der Waals surface area (Å²) in [6.07, 6.45) is 9.34. The monoisotopic (exact) mass is 463 g/mol. The molecule has 0 radical (unpaired) electrons. The highest BCUT2D eigenvalue weighted by Crippen LogP contribution is 2.47. The van der Waals surface area contributed by atoms with Crippen LogP contribution >= 0.6 is 11.6 Å². The van der Waals surface area contributed by atoms with Gasteiger partial charge in [0.25, 0.3) is 0 Å². The zero-order valence-electron chi connectivity index (χ0n) is 17.5. The number of amides is 1. The third kappa shape index (κ3) is 5.03. The number of nitrogens with zero attached hydrogens (tertiary/aromatic N) is 3. The van der Waals surface area contributed by atoms with Gasteiger partial charge in [-0.25, -0.2) is 15.8 Å². The number of nitrogens with one attached hydrogen (secondary N) is 1. The highest BCUT2D eigenvalue weighted by molar-refractivity contribution is 6.31. The molecular weight excluding hydrogens is 438 g/mol.